The molecule has 0 bridgehead atoms. The predicted molar refractivity (Wildman–Crippen MR) is 105 cm³/mol. The van der Waals surface area contributed by atoms with Gasteiger partial charge in [0.1, 0.15) is 6.10 Å². The van der Waals surface area contributed by atoms with Gasteiger partial charge in [-0.05, 0) is 54.5 Å². The molecule has 1 atom stereocenters. The van der Waals surface area contributed by atoms with E-state index in [-0.39, 0.29) is 11.9 Å². The zero-order chi connectivity index (χ0) is 19.0. The second kappa shape index (κ2) is 7.03. The number of rotatable bonds is 2. The summed E-state index contributed by atoms with van der Waals surface area (Å²) in [6.07, 6.45) is 2.53. The Morgan fingerprint density at radius 2 is 1.67 bits per heavy atom. The minimum atomic E-state index is -0.414. The molecule has 0 aromatic heterocycles. The minimum Gasteiger partial charge on any atom is -0.442 e. The van der Waals surface area contributed by atoms with Crippen molar-refractivity contribution in [3.63, 3.8) is 0 Å². The molecule has 0 saturated carbocycles. The van der Waals surface area contributed by atoms with E-state index in [0.29, 0.717) is 11.1 Å². The molecule has 138 valence electrons. The molecule has 2 aliphatic rings. The van der Waals surface area contributed by atoms with Crippen molar-refractivity contribution in [2.45, 2.75) is 32.3 Å². The van der Waals surface area contributed by atoms with Crippen molar-refractivity contribution in [1.82, 2.24) is 4.90 Å². The van der Waals surface area contributed by atoms with Crippen LogP contribution in [0, 0.1) is 0 Å². The van der Waals surface area contributed by atoms with Gasteiger partial charge in [0, 0.05) is 24.2 Å². The second-order valence-electron chi connectivity index (χ2n) is 7.23. The van der Waals surface area contributed by atoms with Gasteiger partial charge in [-0.25, -0.2) is 4.79 Å². The number of carbonyl (C=O) groups excluding carboxylic acids is 2. The summed E-state index contributed by atoms with van der Waals surface area (Å²) in [5.41, 5.74) is 4.69. The lowest BCUT2D eigenvalue weighted by Gasteiger charge is -2.28. The number of ketones is 1. The number of hydrogen-bond donors (Lipinski definition) is 0. The first kappa shape index (κ1) is 17.5. The summed E-state index contributed by atoms with van der Waals surface area (Å²) < 4.78 is 5.65. The third-order valence-electron chi connectivity index (χ3n) is 5.47. The maximum atomic E-state index is 12.9. The molecule has 0 radical (unpaired) electrons. The molecule has 0 spiro atoms. The van der Waals surface area contributed by atoms with Crippen molar-refractivity contribution in [2.75, 3.05) is 13.1 Å². The average Bonchev–Trinajstić information content (AvgIpc) is 2.72. The summed E-state index contributed by atoms with van der Waals surface area (Å²) in [6.45, 7) is 7.53. The van der Waals surface area contributed by atoms with Gasteiger partial charge in [0.25, 0.3) is 0 Å². The molecule has 1 aliphatic carbocycles. The van der Waals surface area contributed by atoms with Crippen LogP contribution in [0.5, 0.6) is 0 Å². The number of amides is 1. The zero-order valence-electron chi connectivity index (χ0n) is 15.5. The molecule has 1 heterocycles. The Bertz CT molecular complexity index is 925. The Hall–Kier alpha value is -2.88. The first-order valence-corrected chi connectivity index (χ1v) is 9.49. The lowest BCUT2D eigenvalue weighted by Crippen LogP contribution is -2.36. The topological polar surface area (TPSA) is 46.6 Å². The maximum Gasteiger partial charge on any atom is 0.410 e. The van der Waals surface area contributed by atoms with Crippen LogP contribution in [0.25, 0.3) is 5.57 Å². The number of carbonyl (C=O) groups is 2. The van der Waals surface area contributed by atoms with Gasteiger partial charge in [0.2, 0.25) is 0 Å². The standard InChI is InChI=1S/C23H23NO3/c1-15-18-8-4-5-9-20(18)22(25)21-14-17(10-11-19(15)21)16(2)27-23(26)24-12-6-3-7-13-24/h4-5,8-11,14,16H,1,3,6-7,12-13H2,2H3. The lowest BCUT2D eigenvalue weighted by atomic mass is 9.81. The highest BCUT2D eigenvalue weighted by Crippen LogP contribution is 2.36. The van der Waals surface area contributed by atoms with Crippen LogP contribution < -0.4 is 0 Å². The van der Waals surface area contributed by atoms with Crippen LogP contribution in [0.15, 0.2) is 49.0 Å². The molecular formula is C23H23NO3. The molecule has 4 heteroatoms. The van der Waals surface area contributed by atoms with E-state index in [1.54, 1.807) is 4.90 Å². The zero-order valence-corrected chi connectivity index (χ0v) is 15.5. The molecule has 4 nitrogen and oxygen atoms in total. The predicted octanol–water partition coefficient (Wildman–Crippen LogP) is 4.98. The van der Waals surface area contributed by atoms with Crippen LogP contribution in [0.2, 0.25) is 0 Å². The van der Waals surface area contributed by atoms with Gasteiger partial charge < -0.3 is 9.64 Å². The van der Waals surface area contributed by atoms with E-state index >= 15 is 0 Å². The summed E-state index contributed by atoms with van der Waals surface area (Å²) in [5, 5.41) is 0. The van der Waals surface area contributed by atoms with Crippen molar-refractivity contribution >= 4 is 17.4 Å². The highest BCUT2D eigenvalue weighted by Gasteiger charge is 2.27. The Morgan fingerprint density at radius 3 is 2.41 bits per heavy atom. The lowest BCUT2D eigenvalue weighted by molar-refractivity contribution is 0.0643. The quantitative estimate of drug-likeness (QED) is 0.647. The third-order valence-corrected chi connectivity index (χ3v) is 5.47. The van der Waals surface area contributed by atoms with Crippen LogP contribution in [-0.2, 0) is 4.74 Å². The molecule has 1 amide bonds. The fourth-order valence-corrected chi connectivity index (χ4v) is 3.87. The number of piperidine rings is 1. The maximum absolute atomic E-state index is 12.9. The largest absolute Gasteiger partial charge is 0.442 e. The number of fused-ring (bicyclic) bond motifs is 2. The van der Waals surface area contributed by atoms with Gasteiger partial charge in [0.05, 0.1) is 0 Å². The van der Waals surface area contributed by atoms with Crippen LogP contribution in [0.4, 0.5) is 4.79 Å². The first-order chi connectivity index (χ1) is 13.1. The number of benzene rings is 2. The van der Waals surface area contributed by atoms with E-state index in [4.69, 9.17) is 4.74 Å². The fraction of sp³-hybridized carbons (Fsp3) is 0.304. The van der Waals surface area contributed by atoms with Crippen LogP contribution >= 0.6 is 0 Å². The fourth-order valence-electron chi connectivity index (χ4n) is 3.87. The van der Waals surface area contributed by atoms with E-state index in [1.807, 2.05) is 49.4 Å². The second-order valence-corrected chi connectivity index (χ2v) is 7.23. The third kappa shape index (κ3) is 3.16. The molecule has 1 saturated heterocycles. The van der Waals surface area contributed by atoms with E-state index in [1.165, 1.54) is 0 Å². The van der Waals surface area contributed by atoms with Crippen LogP contribution in [0.3, 0.4) is 0 Å². The van der Waals surface area contributed by atoms with Crippen LogP contribution in [0.1, 0.15) is 64.9 Å². The normalized spacial score (nSPS) is 17.1. The highest BCUT2D eigenvalue weighted by atomic mass is 16.6. The minimum absolute atomic E-state index is 0.00981. The number of hydrogen-bond acceptors (Lipinski definition) is 3. The van der Waals surface area contributed by atoms with Gasteiger partial charge >= 0.3 is 6.09 Å². The molecule has 1 fully saturated rings. The highest BCUT2D eigenvalue weighted by molar-refractivity contribution is 6.18. The van der Waals surface area contributed by atoms with E-state index in [0.717, 1.165) is 54.6 Å². The molecule has 2 aromatic rings. The molecule has 2 aromatic carbocycles. The molecular weight excluding hydrogens is 338 g/mol. The Labute approximate surface area is 159 Å². The summed E-state index contributed by atoms with van der Waals surface area (Å²) in [4.78, 5) is 27.1. The number of nitrogens with zero attached hydrogens (tertiary/aromatic N) is 1. The average molecular weight is 361 g/mol. The summed E-state index contributed by atoms with van der Waals surface area (Å²) in [7, 11) is 0. The van der Waals surface area contributed by atoms with Crippen LogP contribution in [-0.4, -0.2) is 29.9 Å². The molecule has 1 aliphatic heterocycles. The molecule has 27 heavy (non-hydrogen) atoms. The molecule has 1 unspecified atom stereocenters. The monoisotopic (exact) mass is 361 g/mol. The number of likely N-dealkylation sites (tertiary alicyclic amines) is 1. The van der Waals surface area contributed by atoms with Gasteiger partial charge in [-0.2, -0.15) is 0 Å². The molecule has 4 rings (SSSR count). The van der Waals surface area contributed by atoms with E-state index in [2.05, 4.69) is 6.58 Å². The Balaban J connectivity index is 1.58. The van der Waals surface area contributed by atoms with Gasteiger partial charge in [-0.3, -0.25) is 4.79 Å². The van der Waals surface area contributed by atoms with Crippen molar-refractivity contribution in [1.29, 1.82) is 0 Å². The SMILES string of the molecule is C=C1c2ccccc2C(=O)c2cc(C(C)OC(=O)N3CCCCC3)ccc21. The smallest absolute Gasteiger partial charge is 0.410 e. The molecule has 0 N–H and O–H groups in total. The summed E-state index contributed by atoms with van der Waals surface area (Å²) in [6, 6.07) is 13.2. The first-order valence-electron chi connectivity index (χ1n) is 9.49. The van der Waals surface area contributed by atoms with E-state index in [9.17, 15) is 9.59 Å². The van der Waals surface area contributed by atoms with Gasteiger partial charge in [0.15, 0.2) is 5.78 Å². The van der Waals surface area contributed by atoms with Gasteiger partial charge in [-0.15, -0.1) is 0 Å². The summed E-state index contributed by atoms with van der Waals surface area (Å²) in [5.74, 6) is -0.00981. The number of ether oxygens (including phenoxy) is 1. The van der Waals surface area contributed by atoms with Crippen molar-refractivity contribution in [3.8, 4) is 0 Å². The van der Waals surface area contributed by atoms with Crippen molar-refractivity contribution in [3.05, 3.63) is 76.9 Å². The Kier molecular flexibility index (Phi) is 4.56. The Morgan fingerprint density at radius 1 is 1.00 bits per heavy atom. The van der Waals surface area contributed by atoms with Gasteiger partial charge in [-0.1, -0.05) is 43.0 Å². The van der Waals surface area contributed by atoms with Crippen molar-refractivity contribution < 1.29 is 14.3 Å². The summed E-state index contributed by atoms with van der Waals surface area (Å²) >= 11 is 0. The van der Waals surface area contributed by atoms with E-state index < -0.39 is 6.10 Å². The van der Waals surface area contributed by atoms with Crippen molar-refractivity contribution in [2.24, 2.45) is 0 Å².